The maximum absolute atomic E-state index is 12.4. The molecule has 0 unspecified atom stereocenters. The Balaban J connectivity index is 2.42. The minimum Gasteiger partial charge on any atom is -0.338 e. The summed E-state index contributed by atoms with van der Waals surface area (Å²) >= 11 is 0. The Kier molecular flexibility index (Phi) is 4.46. The van der Waals surface area contributed by atoms with E-state index in [9.17, 15) is 4.79 Å². The fraction of sp³-hybridized carbons (Fsp3) is 0.412. The Bertz CT molecular complexity index is 654. The van der Waals surface area contributed by atoms with Gasteiger partial charge in [-0.15, -0.1) is 0 Å². The zero-order valence-electron chi connectivity index (χ0n) is 13.5. The summed E-state index contributed by atoms with van der Waals surface area (Å²) in [5, 5.41) is 4.39. The van der Waals surface area contributed by atoms with Gasteiger partial charge in [0.2, 0.25) is 0 Å². The van der Waals surface area contributed by atoms with Gasteiger partial charge >= 0.3 is 0 Å². The molecule has 4 heteroatoms. The molecule has 1 heterocycles. The highest BCUT2D eigenvalue weighted by Crippen LogP contribution is 2.25. The molecule has 2 rings (SSSR count). The van der Waals surface area contributed by atoms with E-state index in [1.807, 2.05) is 27.0 Å². The zero-order chi connectivity index (χ0) is 15.6. The number of amides is 1. The van der Waals surface area contributed by atoms with Crippen LogP contribution in [0, 0.1) is 13.8 Å². The summed E-state index contributed by atoms with van der Waals surface area (Å²) in [4.78, 5) is 14.2. The van der Waals surface area contributed by atoms with E-state index in [1.165, 1.54) is 11.1 Å². The van der Waals surface area contributed by atoms with E-state index in [2.05, 4.69) is 37.1 Å². The van der Waals surface area contributed by atoms with Gasteiger partial charge < -0.3 is 4.90 Å². The Morgan fingerprint density at radius 2 is 1.86 bits per heavy atom. The number of hydrogen-bond donors (Lipinski definition) is 0. The van der Waals surface area contributed by atoms with Gasteiger partial charge in [-0.1, -0.05) is 23.8 Å². The first-order valence-electron chi connectivity index (χ1n) is 7.38. The summed E-state index contributed by atoms with van der Waals surface area (Å²) < 4.78 is 1.79. The van der Waals surface area contributed by atoms with Crippen LogP contribution in [0.3, 0.4) is 0 Å². The maximum atomic E-state index is 12.4. The summed E-state index contributed by atoms with van der Waals surface area (Å²) in [5.41, 5.74) is 5.03. The van der Waals surface area contributed by atoms with Gasteiger partial charge in [-0.05, 0) is 39.3 Å². The number of benzene rings is 1. The number of nitrogens with zero attached hydrogens (tertiary/aromatic N) is 3. The van der Waals surface area contributed by atoms with Gasteiger partial charge in [-0.2, -0.15) is 5.10 Å². The summed E-state index contributed by atoms with van der Waals surface area (Å²) in [7, 11) is 1.88. The Labute approximate surface area is 126 Å². The first-order chi connectivity index (χ1) is 9.97. The number of aryl methyl sites for hydroxylation is 3. The van der Waals surface area contributed by atoms with Crippen LogP contribution in [0.2, 0.25) is 0 Å². The minimum atomic E-state index is -0.00776. The van der Waals surface area contributed by atoms with E-state index in [-0.39, 0.29) is 5.91 Å². The average molecular weight is 285 g/mol. The average Bonchev–Trinajstić information content (AvgIpc) is 2.82. The van der Waals surface area contributed by atoms with Crippen molar-refractivity contribution in [1.29, 1.82) is 0 Å². The van der Waals surface area contributed by atoms with E-state index in [4.69, 9.17) is 0 Å². The molecule has 0 spiro atoms. The summed E-state index contributed by atoms with van der Waals surface area (Å²) in [5.74, 6) is -0.00776. The van der Waals surface area contributed by atoms with Crippen LogP contribution in [0.4, 0.5) is 0 Å². The minimum absolute atomic E-state index is 0.00776. The number of hydrogen-bond acceptors (Lipinski definition) is 2. The number of carbonyl (C=O) groups excluding carboxylic acids is 1. The largest absolute Gasteiger partial charge is 0.338 e. The van der Waals surface area contributed by atoms with Crippen LogP contribution < -0.4 is 0 Å². The Morgan fingerprint density at radius 1 is 1.19 bits per heavy atom. The fourth-order valence-corrected chi connectivity index (χ4v) is 2.60. The second-order valence-corrected chi connectivity index (χ2v) is 5.33. The first kappa shape index (κ1) is 15.3. The second kappa shape index (κ2) is 6.12. The van der Waals surface area contributed by atoms with Crippen molar-refractivity contribution in [3.05, 3.63) is 41.1 Å². The monoisotopic (exact) mass is 285 g/mol. The Morgan fingerprint density at radius 3 is 2.43 bits per heavy atom. The predicted molar refractivity (Wildman–Crippen MR) is 85.4 cm³/mol. The highest BCUT2D eigenvalue weighted by Gasteiger charge is 2.18. The zero-order valence-corrected chi connectivity index (χ0v) is 13.5. The van der Waals surface area contributed by atoms with Crippen LogP contribution in [0.25, 0.3) is 11.3 Å². The van der Waals surface area contributed by atoms with E-state index in [0.29, 0.717) is 18.8 Å². The normalized spacial score (nSPS) is 10.7. The molecule has 0 saturated heterocycles. The number of rotatable bonds is 4. The molecule has 0 saturated carbocycles. The van der Waals surface area contributed by atoms with Crippen molar-refractivity contribution < 1.29 is 4.79 Å². The van der Waals surface area contributed by atoms with Crippen molar-refractivity contribution >= 4 is 5.91 Å². The molecule has 112 valence electrons. The smallest absolute Gasteiger partial charge is 0.274 e. The van der Waals surface area contributed by atoms with E-state index in [0.717, 1.165) is 11.3 Å². The van der Waals surface area contributed by atoms with Gasteiger partial charge in [0.15, 0.2) is 5.69 Å². The molecule has 21 heavy (non-hydrogen) atoms. The molecule has 0 N–H and O–H groups in total. The molecule has 1 aromatic heterocycles. The quantitative estimate of drug-likeness (QED) is 0.865. The summed E-state index contributed by atoms with van der Waals surface area (Å²) in [6.07, 6.45) is 0. The van der Waals surface area contributed by atoms with Crippen molar-refractivity contribution in [2.24, 2.45) is 7.05 Å². The SMILES string of the molecule is CCN(CC)C(=O)c1cc(-c2ccc(C)cc2C)n(C)n1. The molecule has 0 aliphatic heterocycles. The van der Waals surface area contributed by atoms with E-state index >= 15 is 0 Å². The molecular weight excluding hydrogens is 262 g/mol. The summed E-state index contributed by atoms with van der Waals surface area (Å²) in [6.45, 7) is 9.52. The third-order valence-electron chi connectivity index (χ3n) is 3.81. The van der Waals surface area contributed by atoms with Gasteiger partial charge in [0.25, 0.3) is 5.91 Å². The molecule has 2 aromatic rings. The highest BCUT2D eigenvalue weighted by molar-refractivity contribution is 5.93. The lowest BCUT2D eigenvalue weighted by molar-refractivity contribution is 0.0766. The van der Waals surface area contributed by atoms with E-state index in [1.54, 1.807) is 9.58 Å². The molecule has 0 bridgehead atoms. The van der Waals surface area contributed by atoms with Crippen LogP contribution in [0.15, 0.2) is 24.3 Å². The molecule has 0 aliphatic carbocycles. The lowest BCUT2D eigenvalue weighted by Crippen LogP contribution is -2.30. The molecule has 0 fully saturated rings. The van der Waals surface area contributed by atoms with Crippen LogP contribution in [0.5, 0.6) is 0 Å². The summed E-state index contributed by atoms with van der Waals surface area (Å²) in [6, 6.07) is 8.21. The molecular formula is C17H23N3O. The van der Waals surface area contributed by atoms with Crippen molar-refractivity contribution in [3.63, 3.8) is 0 Å². The topological polar surface area (TPSA) is 38.1 Å². The van der Waals surface area contributed by atoms with Gasteiger partial charge in [0.1, 0.15) is 0 Å². The van der Waals surface area contributed by atoms with Crippen molar-refractivity contribution in [2.45, 2.75) is 27.7 Å². The van der Waals surface area contributed by atoms with Gasteiger partial charge in [0, 0.05) is 25.7 Å². The lowest BCUT2D eigenvalue weighted by atomic mass is 10.0. The van der Waals surface area contributed by atoms with Crippen LogP contribution >= 0.6 is 0 Å². The third kappa shape index (κ3) is 2.99. The maximum Gasteiger partial charge on any atom is 0.274 e. The number of carbonyl (C=O) groups is 1. The lowest BCUT2D eigenvalue weighted by Gasteiger charge is -2.16. The molecule has 0 aliphatic rings. The number of aromatic nitrogens is 2. The first-order valence-corrected chi connectivity index (χ1v) is 7.38. The molecule has 0 atom stereocenters. The standard InChI is InChI=1S/C17H23N3O/c1-6-20(7-2)17(21)15-11-16(19(5)18-15)14-9-8-12(3)10-13(14)4/h8-11H,6-7H2,1-5H3. The fourth-order valence-electron chi connectivity index (χ4n) is 2.60. The molecule has 1 aromatic carbocycles. The molecule has 4 nitrogen and oxygen atoms in total. The van der Waals surface area contributed by atoms with Crippen molar-refractivity contribution in [3.8, 4) is 11.3 Å². The Hall–Kier alpha value is -2.10. The molecule has 0 radical (unpaired) electrons. The third-order valence-corrected chi connectivity index (χ3v) is 3.81. The van der Waals surface area contributed by atoms with Crippen LogP contribution in [-0.4, -0.2) is 33.7 Å². The van der Waals surface area contributed by atoms with Crippen LogP contribution in [0.1, 0.15) is 35.5 Å². The van der Waals surface area contributed by atoms with Crippen LogP contribution in [-0.2, 0) is 7.05 Å². The van der Waals surface area contributed by atoms with Gasteiger partial charge in [-0.3, -0.25) is 9.48 Å². The highest BCUT2D eigenvalue weighted by atomic mass is 16.2. The van der Waals surface area contributed by atoms with Crippen molar-refractivity contribution in [2.75, 3.05) is 13.1 Å². The van der Waals surface area contributed by atoms with Gasteiger partial charge in [-0.25, -0.2) is 0 Å². The second-order valence-electron chi connectivity index (χ2n) is 5.33. The predicted octanol–water partition coefficient (Wildman–Crippen LogP) is 3.19. The van der Waals surface area contributed by atoms with Gasteiger partial charge in [0.05, 0.1) is 5.69 Å². The molecule has 1 amide bonds. The van der Waals surface area contributed by atoms with Crippen molar-refractivity contribution in [1.82, 2.24) is 14.7 Å². The van der Waals surface area contributed by atoms with E-state index < -0.39 is 0 Å².